The van der Waals surface area contributed by atoms with Crippen LogP contribution in [0.2, 0.25) is 0 Å². The van der Waals surface area contributed by atoms with Crippen LogP contribution in [0.15, 0.2) is 18.5 Å². The van der Waals surface area contributed by atoms with E-state index in [1.165, 1.54) is 12.8 Å². The van der Waals surface area contributed by atoms with Crippen molar-refractivity contribution < 1.29 is 9.53 Å². The van der Waals surface area contributed by atoms with Crippen LogP contribution in [0.5, 0.6) is 0 Å². The summed E-state index contributed by atoms with van der Waals surface area (Å²) in [6, 6.07) is 2.31. The third kappa shape index (κ3) is 4.12. The van der Waals surface area contributed by atoms with Gasteiger partial charge >= 0.3 is 6.03 Å². The van der Waals surface area contributed by atoms with Gasteiger partial charge in [-0.3, -0.25) is 4.90 Å². The largest absolute Gasteiger partial charge is 0.381 e. The lowest BCUT2D eigenvalue weighted by Gasteiger charge is -2.31. The van der Waals surface area contributed by atoms with E-state index in [9.17, 15) is 4.79 Å². The summed E-state index contributed by atoms with van der Waals surface area (Å²) < 4.78 is 7.47. The number of fused-ring (bicyclic) bond motifs is 1. The molecule has 2 amide bonds. The molecule has 0 aliphatic carbocycles. The summed E-state index contributed by atoms with van der Waals surface area (Å²) in [6.07, 6.45) is 7.03. The van der Waals surface area contributed by atoms with E-state index in [1.807, 2.05) is 10.7 Å². The lowest BCUT2D eigenvalue weighted by molar-refractivity contribution is 0.135. The van der Waals surface area contributed by atoms with Gasteiger partial charge in [0.2, 0.25) is 0 Å². The molecule has 8 heteroatoms. The van der Waals surface area contributed by atoms with E-state index in [0.717, 1.165) is 43.8 Å². The van der Waals surface area contributed by atoms with Gasteiger partial charge in [-0.2, -0.15) is 5.10 Å². The zero-order valence-electron chi connectivity index (χ0n) is 16.7. The average Bonchev–Trinajstić information content (AvgIpc) is 3.43. The van der Waals surface area contributed by atoms with Crippen LogP contribution in [0, 0.1) is 5.92 Å². The summed E-state index contributed by atoms with van der Waals surface area (Å²) in [5.41, 5.74) is 1.51. The van der Waals surface area contributed by atoms with Crippen LogP contribution in [0.4, 0.5) is 10.5 Å². The number of urea groups is 1. The summed E-state index contributed by atoms with van der Waals surface area (Å²) in [6.45, 7) is 8.64. The highest BCUT2D eigenvalue weighted by Gasteiger charge is 2.32. The van der Waals surface area contributed by atoms with Crippen molar-refractivity contribution in [2.24, 2.45) is 5.92 Å². The minimum atomic E-state index is -0.194. The third-order valence-electron chi connectivity index (χ3n) is 5.77. The van der Waals surface area contributed by atoms with Crippen molar-refractivity contribution in [2.75, 3.05) is 38.2 Å². The molecule has 4 rings (SSSR count). The number of ether oxygens (including phenoxy) is 1. The number of pyridine rings is 1. The molecule has 2 aromatic rings. The maximum Gasteiger partial charge on any atom is 0.319 e. The normalized spacial score (nSPS) is 21.5. The van der Waals surface area contributed by atoms with Crippen LogP contribution >= 0.6 is 0 Å². The molecule has 8 nitrogen and oxygen atoms in total. The summed E-state index contributed by atoms with van der Waals surface area (Å²) in [5, 5.41) is 11.3. The van der Waals surface area contributed by atoms with Gasteiger partial charge in [-0.05, 0) is 52.3 Å². The van der Waals surface area contributed by atoms with Gasteiger partial charge in [0.25, 0.3) is 0 Å². The summed E-state index contributed by atoms with van der Waals surface area (Å²) in [4.78, 5) is 19.5. The fourth-order valence-electron chi connectivity index (χ4n) is 4.28. The monoisotopic (exact) mass is 386 g/mol. The molecule has 0 aromatic carbocycles. The van der Waals surface area contributed by atoms with Gasteiger partial charge in [0.1, 0.15) is 0 Å². The molecule has 2 aromatic heterocycles. The van der Waals surface area contributed by atoms with Crippen molar-refractivity contribution in [1.82, 2.24) is 25.0 Å². The minimum Gasteiger partial charge on any atom is -0.381 e. The number of amides is 2. The molecule has 28 heavy (non-hydrogen) atoms. The van der Waals surface area contributed by atoms with Gasteiger partial charge in [-0.1, -0.05) is 0 Å². The standard InChI is InChI=1S/C20H30N6O2/c1-14(2)26-19-16(10-23-26)9-17(11-21-19)24-20(27)22-12-18(15-5-8-28-13-15)25-6-3-4-7-25/h9-11,14-15,18H,3-8,12-13H2,1-2H3,(H2,22,24,27)/t15-,18+/m0/s1. The van der Waals surface area contributed by atoms with Crippen molar-refractivity contribution in [1.29, 1.82) is 0 Å². The van der Waals surface area contributed by atoms with Crippen LogP contribution in [0.25, 0.3) is 11.0 Å². The first-order valence-corrected chi connectivity index (χ1v) is 10.3. The average molecular weight is 387 g/mol. The second kappa shape index (κ2) is 8.45. The van der Waals surface area contributed by atoms with Crippen LogP contribution in [-0.2, 0) is 4.74 Å². The number of nitrogens with one attached hydrogen (secondary N) is 2. The third-order valence-corrected chi connectivity index (χ3v) is 5.77. The second-order valence-corrected chi connectivity index (χ2v) is 8.09. The molecule has 152 valence electrons. The molecule has 0 saturated carbocycles. The molecule has 2 aliphatic heterocycles. The molecule has 0 unspecified atom stereocenters. The van der Waals surface area contributed by atoms with E-state index in [1.54, 1.807) is 12.4 Å². The summed E-state index contributed by atoms with van der Waals surface area (Å²) in [7, 11) is 0. The maximum absolute atomic E-state index is 12.5. The number of hydrogen-bond acceptors (Lipinski definition) is 5. The fourth-order valence-corrected chi connectivity index (χ4v) is 4.28. The first-order chi connectivity index (χ1) is 13.6. The van der Waals surface area contributed by atoms with E-state index in [-0.39, 0.29) is 12.1 Å². The van der Waals surface area contributed by atoms with E-state index in [4.69, 9.17) is 4.74 Å². The number of nitrogens with zero attached hydrogens (tertiary/aromatic N) is 4. The van der Waals surface area contributed by atoms with E-state index >= 15 is 0 Å². The molecule has 0 spiro atoms. The Balaban J connectivity index is 1.37. The molecule has 4 heterocycles. The van der Waals surface area contributed by atoms with Crippen molar-refractivity contribution in [3.05, 3.63) is 18.5 Å². The number of hydrogen-bond donors (Lipinski definition) is 2. The van der Waals surface area contributed by atoms with Gasteiger partial charge in [-0.25, -0.2) is 14.5 Å². The van der Waals surface area contributed by atoms with Gasteiger partial charge < -0.3 is 15.4 Å². The van der Waals surface area contributed by atoms with Gasteiger partial charge in [0.15, 0.2) is 5.65 Å². The number of carbonyl (C=O) groups excluding carboxylic acids is 1. The predicted molar refractivity (Wildman–Crippen MR) is 108 cm³/mol. The lowest BCUT2D eigenvalue weighted by Crippen LogP contribution is -2.48. The van der Waals surface area contributed by atoms with E-state index in [2.05, 4.69) is 39.5 Å². The number of anilines is 1. The van der Waals surface area contributed by atoms with Crippen LogP contribution in [0.3, 0.4) is 0 Å². The molecule has 2 N–H and O–H groups in total. The summed E-state index contributed by atoms with van der Waals surface area (Å²) >= 11 is 0. The second-order valence-electron chi connectivity index (χ2n) is 8.09. The Bertz CT molecular complexity index is 792. The van der Waals surface area contributed by atoms with Gasteiger partial charge in [0, 0.05) is 36.5 Å². The Morgan fingerprint density at radius 3 is 2.86 bits per heavy atom. The van der Waals surface area contributed by atoms with Crippen molar-refractivity contribution in [2.45, 2.75) is 45.2 Å². The highest BCUT2D eigenvalue weighted by molar-refractivity contribution is 5.91. The smallest absolute Gasteiger partial charge is 0.319 e. The van der Waals surface area contributed by atoms with Crippen LogP contribution < -0.4 is 10.6 Å². The highest BCUT2D eigenvalue weighted by atomic mass is 16.5. The molecular weight excluding hydrogens is 356 g/mol. The van der Waals surface area contributed by atoms with Crippen LogP contribution in [-0.4, -0.2) is 64.6 Å². The number of rotatable bonds is 6. The van der Waals surface area contributed by atoms with Gasteiger partial charge in [-0.15, -0.1) is 0 Å². The minimum absolute atomic E-state index is 0.194. The first kappa shape index (κ1) is 19.1. The first-order valence-electron chi connectivity index (χ1n) is 10.3. The quantitative estimate of drug-likeness (QED) is 0.797. The Kier molecular flexibility index (Phi) is 5.77. The molecule has 0 bridgehead atoms. The van der Waals surface area contributed by atoms with Crippen molar-refractivity contribution >= 4 is 22.8 Å². The Morgan fingerprint density at radius 2 is 2.14 bits per heavy atom. The molecule has 2 fully saturated rings. The fraction of sp³-hybridized carbons (Fsp3) is 0.650. The zero-order chi connectivity index (χ0) is 19.5. The lowest BCUT2D eigenvalue weighted by atomic mass is 9.97. The molecule has 0 radical (unpaired) electrons. The maximum atomic E-state index is 12.5. The van der Waals surface area contributed by atoms with Gasteiger partial charge in [0.05, 0.1) is 24.7 Å². The number of likely N-dealkylation sites (tertiary alicyclic amines) is 1. The SMILES string of the molecule is CC(C)n1ncc2cc(NC(=O)NC[C@H]([C@H]3CCOC3)N3CCCC3)cnc21. The Hall–Kier alpha value is -2.19. The number of carbonyl (C=O) groups is 1. The molecule has 2 aliphatic rings. The predicted octanol–water partition coefficient (Wildman–Crippen LogP) is 2.63. The van der Waals surface area contributed by atoms with Crippen molar-refractivity contribution in [3.63, 3.8) is 0 Å². The molecular formula is C20H30N6O2. The molecule has 2 saturated heterocycles. The molecule has 2 atom stereocenters. The van der Waals surface area contributed by atoms with Crippen molar-refractivity contribution in [3.8, 4) is 0 Å². The Labute approximate surface area is 165 Å². The summed E-state index contributed by atoms with van der Waals surface area (Å²) in [5.74, 6) is 0.498. The Morgan fingerprint density at radius 1 is 1.32 bits per heavy atom. The van der Waals surface area contributed by atoms with E-state index < -0.39 is 0 Å². The zero-order valence-corrected chi connectivity index (χ0v) is 16.7. The van der Waals surface area contributed by atoms with E-state index in [0.29, 0.717) is 24.2 Å². The highest BCUT2D eigenvalue weighted by Crippen LogP contribution is 2.24. The topological polar surface area (TPSA) is 84.3 Å². The van der Waals surface area contributed by atoms with Crippen LogP contribution in [0.1, 0.15) is 39.2 Å². The number of aromatic nitrogens is 3.